The molecule has 0 bridgehead atoms. The summed E-state index contributed by atoms with van der Waals surface area (Å²) in [7, 11) is 0. The van der Waals surface area contributed by atoms with Crippen molar-refractivity contribution in [1.82, 2.24) is 5.32 Å². The van der Waals surface area contributed by atoms with E-state index in [0.717, 1.165) is 25.3 Å². The number of ether oxygens (including phenoxy) is 1. The topological polar surface area (TPSA) is 38.3 Å². The second-order valence-corrected chi connectivity index (χ2v) is 16.4. The maximum atomic E-state index is 12.5. The quantitative estimate of drug-likeness (QED) is 0.0293. The molecule has 1 N–H and O–H groups in total. The summed E-state index contributed by atoms with van der Waals surface area (Å²) < 4.78 is 5.57. The van der Waals surface area contributed by atoms with Crippen molar-refractivity contribution in [3.8, 4) is 0 Å². The van der Waals surface area contributed by atoms with Gasteiger partial charge in [0, 0.05) is 12.1 Å². The average molecular weight is 742 g/mol. The van der Waals surface area contributed by atoms with Crippen LogP contribution >= 0.6 is 0 Å². The molecule has 1 unspecified atom stereocenters. The summed E-state index contributed by atoms with van der Waals surface area (Å²) in [6.45, 7) is 10.8. The van der Waals surface area contributed by atoms with Crippen molar-refractivity contribution in [1.29, 1.82) is 0 Å². The monoisotopic (exact) mass is 742 g/mol. The number of unbranched alkanes of at least 4 members (excludes halogenated alkanes) is 25. The fraction of sp³-hybridized carbons (Fsp3) is 0.860. The molecule has 0 aliphatic carbocycles. The zero-order chi connectivity index (χ0) is 38.6. The standard InChI is InChI=1S/C50H95NO2/c1-5-9-13-17-21-25-26-27-30-34-38-43-49(44-40-45-50(52)53-46-39-35-31-24-20-16-12-8-4)51-47-48(41-36-32-28-22-18-14-10-6-2)42-37-33-29-23-19-15-11-7-3/h22-23,28-29,40,45,48-49,51H,5-21,24-27,30-39,41-44,46-47H2,1-4H3/b28-22-,29-23-,45-40+. The fourth-order valence-corrected chi connectivity index (χ4v) is 7.37. The Morgan fingerprint density at radius 2 is 0.849 bits per heavy atom. The van der Waals surface area contributed by atoms with Crippen LogP contribution in [0.4, 0.5) is 0 Å². The van der Waals surface area contributed by atoms with Crippen LogP contribution in [-0.4, -0.2) is 25.2 Å². The molecule has 0 saturated carbocycles. The maximum Gasteiger partial charge on any atom is 0.330 e. The minimum atomic E-state index is -0.162. The minimum Gasteiger partial charge on any atom is -0.463 e. The van der Waals surface area contributed by atoms with Crippen LogP contribution in [0.1, 0.15) is 252 Å². The van der Waals surface area contributed by atoms with Crippen LogP contribution < -0.4 is 5.32 Å². The molecule has 0 rings (SSSR count). The van der Waals surface area contributed by atoms with Gasteiger partial charge in [-0.1, -0.05) is 199 Å². The number of rotatable bonds is 43. The molecule has 3 heteroatoms. The number of hydrogen-bond donors (Lipinski definition) is 1. The molecule has 0 saturated heterocycles. The van der Waals surface area contributed by atoms with E-state index in [0.29, 0.717) is 12.6 Å². The van der Waals surface area contributed by atoms with Crippen LogP contribution in [0.5, 0.6) is 0 Å². The van der Waals surface area contributed by atoms with Gasteiger partial charge in [-0.3, -0.25) is 0 Å². The highest BCUT2D eigenvalue weighted by atomic mass is 16.5. The lowest BCUT2D eigenvalue weighted by atomic mass is 9.94. The van der Waals surface area contributed by atoms with Gasteiger partial charge in [0.15, 0.2) is 0 Å². The Balaban J connectivity index is 4.92. The Kier molecular flexibility index (Phi) is 43.9. The lowest BCUT2D eigenvalue weighted by Gasteiger charge is -2.23. The van der Waals surface area contributed by atoms with Crippen LogP contribution in [-0.2, 0) is 9.53 Å². The predicted octanol–water partition coefficient (Wildman–Crippen LogP) is 16.5. The van der Waals surface area contributed by atoms with Crippen LogP contribution in [0.2, 0.25) is 0 Å². The number of carbonyl (C=O) groups excluding carboxylic acids is 1. The van der Waals surface area contributed by atoms with Crippen molar-refractivity contribution in [2.24, 2.45) is 5.92 Å². The Labute approximate surface area is 333 Å². The van der Waals surface area contributed by atoms with Gasteiger partial charge in [-0.05, 0) is 95.9 Å². The molecule has 0 aromatic carbocycles. The van der Waals surface area contributed by atoms with E-state index in [1.807, 2.05) is 0 Å². The molecule has 1 atom stereocenters. The SMILES string of the molecule is CCCCC/C=C\CCCC(CCC/C=C\CCCCC)CNC(C/C=C/C(=O)OCCCCCCCCCC)CCCCCCCCCCCCC. The summed E-state index contributed by atoms with van der Waals surface area (Å²) in [4.78, 5) is 12.5. The number of carbonyl (C=O) groups is 1. The normalized spacial score (nSPS) is 12.7. The second-order valence-electron chi connectivity index (χ2n) is 16.4. The molecular formula is C50H95NO2. The molecule has 0 amide bonds. The van der Waals surface area contributed by atoms with Crippen molar-refractivity contribution in [3.63, 3.8) is 0 Å². The van der Waals surface area contributed by atoms with Crippen LogP contribution in [0.3, 0.4) is 0 Å². The number of esters is 1. The van der Waals surface area contributed by atoms with Gasteiger partial charge >= 0.3 is 5.97 Å². The van der Waals surface area contributed by atoms with Crippen LogP contribution in [0.25, 0.3) is 0 Å². The third-order valence-corrected chi connectivity index (χ3v) is 11.0. The van der Waals surface area contributed by atoms with Crippen LogP contribution in [0, 0.1) is 5.92 Å². The summed E-state index contributed by atoms with van der Waals surface area (Å²) in [5.41, 5.74) is 0. The highest BCUT2D eigenvalue weighted by Crippen LogP contribution is 2.19. The van der Waals surface area contributed by atoms with Crippen LogP contribution in [0.15, 0.2) is 36.5 Å². The maximum absolute atomic E-state index is 12.5. The Morgan fingerprint density at radius 1 is 0.453 bits per heavy atom. The molecule has 0 aliphatic heterocycles. The first-order valence-electron chi connectivity index (χ1n) is 24.0. The van der Waals surface area contributed by atoms with Gasteiger partial charge in [-0.2, -0.15) is 0 Å². The molecule has 53 heavy (non-hydrogen) atoms. The Bertz CT molecular complexity index is 775. The fourth-order valence-electron chi connectivity index (χ4n) is 7.37. The highest BCUT2D eigenvalue weighted by molar-refractivity contribution is 5.81. The lowest BCUT2D eigenvalue weighted by Crippen LogP contribution is -2.33. The summed E-state index contributed by atoms with van der Waals surface area (Å²) in [5.74, 6) is 0.558. The smallest absolute Gasteiger partial charge is 0.330 e. The van der Waals surface area contributed by atoms with E-state index in [2.05, 4.69) is 63.4 Å². The molecule has 0 heterocycles. The van der Waals surface area contributed by atoms with E-state index in [1.54, 1.807) is 6.08 Å². The molecule has 0 aliphatic rings. The summed E-state index contributed by atoms with van der Waals surface area (Å²) in [6.07, 6.45) is 59.0. The van der Waals surface area contributed by atoms with E-state index >= 15 is 0 Å². The zero-order valence-corrected chi connectivity index (χ0v) is 36.6. The third kappa shape index (κ3) is 41.6. The van der Waals surface area contributed by atoms with Crippen molar-refractivity contribution in [2.75, 3.05) is 13.2 Å². The molecule has 0 aromatic rings. The molecule has 312 valence electrons. The van der Waals surface area contributed by atoms with Gasteiger partial charge in [0.1, 0.15) is 0 Å². The highest BCUT2D eigenvalue weighted by Gasteiger charge is 2.13. The number of hydrogen-bond acceptors (Lipinski definition) is 3. The average Bonchev–Trinajstić information content (AvgIpc) is 3.16. The minimum absolute atomic E-state index is 0.162. The first-order valence-corrected chi connectivity index (χ1v) is 24.0. The predicted molar refractivity (Wildman–Crippen MR) is 238 cm³/mol. The summed E-state index contributed by atoms with van der Waals surface area (Å²) in [5, 5.41) is 4.02. The van der Waals surface area contributed by atoms with E-state index in [4.69, 9.17) is 4.74 Å². The van der Waals surface area contributed by atoms with E-state index < -0.39 is 0 Å². The first-order chi connectivity index (χ1) is 26.2. The number of nitrogens with one attached hydrogen (secondary N) is 1. The second kappa shape index (κ2) is 45.0. The zero-order valence-electron chi connectivity index (χ0n) is 36.6. The first kappa shape index (κ1) is 51.6. The van der Waals surface area contributed by atoms with Gasteiger partial charge in [-0.15, -0.1) is 0 Å². The van der Waals surface area contributed by atoms with Gasteiger partial charge in [0.25, 0.3) is 0 Å². The van der Waals surface area contributed by atoms with Gasteiger partial charge in [0.2, 0.25) is 0 Å². The molecule has 0 fully saturated rings. The summed E-state index contributed by atoms with van der Waals surface area (Å²) in [6, 6.07) is 0.435. The van der Waals surface area contributed by atoms with Gasteiger partial charge in [0.05, 0.1) is 6.61 Å². The summed E-state index contributed by atoms with van der Waals surface area (Å²) >= 11 is 0. The van der Waals surface area contributed by atoms with Gasteiger partial charge < -0.3 is 10.1 Å². The molecule has 0 spiro atoms. The molecule has 0 aromatic heterocycles. The van der Waals surface area contributed by atoms with Crippen molar-refractivity contribution in [2.45, 2.75) is 258 Å². The Hall–Kier alpha value is -1.35. The van der Waals surface area contributed by atoms with Crippen molar-refractivity contribution < 1.29 is 9.53 Å². The molecular weight excluding hydrogens is 647 g/mol. The van der Waals surface area contributed by atoms with E-state index in [1.165, 1.54) is 212 Å². The lowest BCUT2D eigenvalue weighted by molar-refractivity contribution is -0.137. The van der Waals surface area contributed by atoms with E-state index in [-0.39, 0.29) is 5.97 Å². The molecule has 0 radical (unpaired) electrons. The third-order valence-electron chi connectivity index (χ3n) is 11.0. The van der Waals surface area contributed by atoms with Gasteiger partial charge in [-0.25, -0.2) is 4.79 Å². The van der Waals surface area contributed by atoms with Crippen molar-refractivity contribution >= 4 is 5.97 Å². The number of allylic oxidation sites excluding steroid dienone is 4. The largest absolute Gasteiger partial charge is 0.463 e. The van der Waals surface area contributed by atoms with E-state index in [9.17, 15) is 4.79 Å². The van der Waals surface area contributed by atoms with Crippen molar-refractivity contribution in [3.05, 3.63) is 36.5 Å². The Morgan fingerprint density at radius 3 is 1.32 bits per heavy atom. The molecule has 3 nitrogen and oxygen atoms in total.